The molecule has 1 aliphatic heterocycles. The lowest BCUT2D eigenvalue weighted by Gasteiger charge is -2.32. The van der Waals surface area contributed by atoms with Crippen molar-refractivity contribution < 1.29 is 9.31 Å². The third-order valence-electron chi connectivity index (χ3n) is 5.91. The van der Waals surface area contributed by atoms with Crippen molar-refractivity contribution in [3.63, 3.8) is 0 Å². The van der Waals surface area contributed by atoms with Gasteiger partial charge in [0.05, 0.1) is 11.2 Å². The fourth-order valence-electron chi connectivity index (χ4n) is 3.65. The molecule has 2 aliphatic rings. The maximum atomic E-state index is 6.19. The average molecular weight is 364 g/mol. The molecule has 0 aromatic heterocycles. The highest BCUT2D eigenvalue weighted by Gasteiger charge is 2.52. The van der Waals surface area contributed by atoms with Gasteiger partial charge in [-0.15, -0.1) is 0 Å². The molecule has 2 aromatic rings. The van der Waals surface area contributed by atoms with Gasteiger partial charge in [0.2, 0.25) is 0 Å². The lowest BCUT2D eigenvalue weighted by Crippen LogP contribution is -2.41. The second-order valence-electron chi connectivity index (χ2n) is 8.22. The molecule has 1 saturated heterocycles. The van der Waals surface area contributed by atoms with E-state index in [1.807, 2.05) is 0 Å². The van der Waals surface area contributed by atoms with Gasteiger partial charge < -0.3 is 9.31 Å². The number of hydrogen-bond acceptors (Lipinski definition) is 3. The smallest absolute Gasteiger partial charge is 0.400 e. The first-order chi connectivity index (χ1) is 12.3. The molecule has 0 spiro atoms. The molecule has 0 saturated carbocycles. The van der Waals surface area contributed by atoms with Crippen LogP contribution >= 0.6 is 12.6 Å². The Morgan fingerprint density at radius 2 is 1.65 bits per heavy atom. The Balaban J connectivity index is 1.63. The molecule has 4 rings (SSSR count). The number of hydrogen-bond donors (Lipinski definition) is 1. The zero-order chi connectivity index (χ0) is 18.5. The van der Waals surface area contributed by atoms with Crippen molar-refractivity contribution in [3.05, 3.63) is 64.6 Å². The van der Waals surface area contributed by atoms with Crippen LogP contribution in [0.25, 0.3) is 17.2 Å². The molecule has 2 aromatic carbocycles. The molecular formula is C22H25BO2S. The summed E-state index contributed by atoms with van der Waals surface area (Å²) in [5.74, 6) is 0.605. The van der Waals surface area contributed by atoms with E-state index in [0.717, 1.165) is 11.9 Å². The predicted molar refractivity (Wildman–Crippen MR) is 113 cm³/mol. The second-order valence-corrected chi connectivity index (χ2v) is 8.53. The zero-order valence-electron chi connectivity index (χ0n) is 15.9. The van der Waals surface area contributed by atoms with Gasteiger partial charge in [-0.3, -0.25) is 0 Å². The molecular weight excluding hydrogens is 339 g/mol. The van der Waals surface area contributed by atoms with Crippen LogP contribution in [-0.4, -0.2) is 24.1 Å². The van der Waals surface area contributed by atoms with Crippen LogP contribution in [-0.2, 0) is 15.7 Å². The molecule has 1 fully saturated rings. The van der Waals surface area contributed by atoms with Crippen LogP contribution in [0.15, 0.2) is 47.9 Å². The van der Waals surface area contributed by atoms with Gasteiger partial charge in [0, 0.05) is 5.75 Å². The largest absolute Gasteiger partial charge is 0.491 e. The van der Waals surface area contributed by atoms with Crippen molar-refractivity contribution in [1.29, 1.82) is 0 Å². The minimum Gasteiger partial charge on any atom is -0.400 e. The third-order valence-corrected chi connectivity index (χ3v) is 6.27. The van der Waals surface area contributed by atoms with E-state index in [4.69, 9.17) is 9.31 Å². The summed E-state index contributed by atoms with van der Waals surface area (Å²) >= 11 is 4.53. The van der Waals surface area contributed by atoms with Gasteiger partial charge in [0.25, 0.3) is 0 Å². The highest BCUT2D eigenvalue weighted by atomic mass is 32.1. The minimum atomic E-state index is -0.344. The lowest BCUT2D eigenvalue weighted by molar-refractivity contribution is 0.00578. The molecule has 134 valence electrons. The van der Waals surface area contributed by atoms with Gasteiger partial charge in [0.15, 0.2) is 0 Å². The third kappa shape index (κ3) is 2.94. The van der Waals surface area contributed by atoms with Gasteiger partial charge in [-0.25, -0.2) is 0 Å². The van der Waals surface area contributed by atoms with E-state index in [0.29, 0.717) is 5.75 Å². The van der Waals surface area contributed by atoms with E-state index in [-0.39, 0.29) is 18.3 Å². The van der Waals surface area contributed by atoms with Crippen molar-refractivity contribution in [2.45, 2.75) is 45.3 Å². The summed E-state index contributed by atoms with van der Waals surface area (Å²) in [6.45, 7) is 8.32. The van der Waals surface area contributed by atoms with Crippen LogP contribution in [0.4, 0.5) is 0 Å². The van der Waals surface area contributed by atoms with Gasteiger partial charge in [-0.05, 0) is 67.4 Å². The fraction of sp³-hybridized carbons (Fsp3) is 0.364. The number of thiol groups is 1. The summed E-state index contributed by atoms with van der Waals surface area (Å²) < 4.78 is 12.4. The molecule has 0 radical (unpaired) electrons. The lowest BCUT2D eigenvalue weighted by atomic mass is 9.78. The minimum absolute atomic E-state index is 0.334. The van der Waals surface area contributed by atoms with Crippen LogP contribution in [0.5, 0.6) is 0 Å². The van der Waals surface area contributed by atoms with E-state index in [1.54, 1.807) is 0 Å². The van der Waals surface area contributed by atoms with Gasteiger partial charge in [0.1, 0.15) is 0 Å². The molecule has 0 amide bonds. The van der Waals surface area contributed by atoms with Crippen LogP contribution in [0, 0.1) is 0 Å². The molecule has 0 unspecified atom stereocenters. The average Bonchev–Trinajstić information content (AvgIpc) is 3.06. The molecule has 26 heavy (non-hydrogen) atoms. The summed E-state index contributed by atoms with van der Waals surface area (Å²) in [5.41, 5.74) is 7.06. The Morgan fingerprint density at radius 3 is 2.35 bits per heavy atom. The van der Waals surface area contributed by atoms with Crippen LogP contribution in [0.1, 0.15) is 44.4 Å². The first-order valence-corrected chi connectivity index (χ1v) is 9.82. The summed E-state index contributed by atoms with van der Waals surface area (Å²) in [6.07, 6.45) is 3.16. The number of benzene rings is 2. The van der Waals surface area contributed by atoms with Crippen molar-refractivity contribution in [3.8, 4) is 11.1 Å². The summed E-state index contributed by atoms with van der Waals surface area (Å²) in [4.78, 5) is 0. The van der Waals surface area contributed by atoms with Gasteiger partial charge in [-0.1, -0.05) is 48.5 Å². The second kappa shape index (κ2) is 6.30. The molecule has 0 N–H and O–H groups in total. The Morgan fingerprint density at radius 1 is 1.00 bits per heavy atom. The van der Waals surface area contributed by atoms with E-state index < -0.39 is 0 Å². The summed E-state index contributed by atoms with van der Waals surface area (Å²) in [6, 6.07) is 15.3. The predicted octanol–water partition coefficient (Wildman–Crippen LogP) is 5.20. The Hall–Kier alpha value is -1.49. The zero-order valence-corrected chi connectivity index (χ0v) is 16.8. The molecule has 1 aliphatic carbocycles. The molecule has 2 nitrogen and oxygen atoms in total. The number of rotatable bonds is 3. The Bertz CT molecular complexity index is 869. The summed E-state index contributed by atoms with van der Waals surface area (Å²) in [7, 11) is -0.344. The topological polar surface area (TPSA) is 18.5 Å². The fourth-order valence-corrected chi connectivity index (χ4v) is 3.89. The standard InChI is InChI=1S/C22H25BO2S/c1-21(2)22(3,4)25-23(24-21)18(14-26)12-15-9-10-20-17(11-15)13-16-7-5-6-8-19(16)20/h5-12,26H,13-14H2,1-4H3. The molecule has 0 bridgehead atoms. The van der Waals surface area contributed by atoms with Crippen LogP contribution < -0.4 is 0 Å². The Labute approximate surface area is 162 Å². The quantitative estimate of drug-likeness (QED) is 0.509. The van der Waals surface area contributed by atoms with E-state index >= 15 is 0 Å². The van der Waals surface area contributed by atoms with E-state index in [1.165, 1.54) is 27.8 Å². The SMILES string of the molecule is CC1(C)OB(C(=Cc2ccc3c(c2)Cc2ccccc2-3)CS)OC1(C)C. The molecule has 1 heterocycles. The van der Waals surface area contributed by atoms with Crippen molar-refractivity contribution in [2.24, 2.45) is 0 Å². The highest BCUT2D eigenvalue weighted by molar-refractivity contribution is 7.80. The highest BCUT2D eigenvalue weighted by Crippen LogP contribution is 2.40. The van der Waals surface area contributed by atoms with Crippen LogP contribution in [0.3, 0.4) is 0 Å². The monoisotopic (exact) mass is 364 g/mol. The van der Waals surface area contributed by atoms with Crippen molar-refractivity contribution in [1.82, 2.24) is 0 Å². The first kappa shape index (κ1) is 17.9. The van der Waals surface area contributed by atoms with Crippen molar-refractivity contribution in [2.75, 3.05) is 5.75 Å². The normalized spacial score (nSPS) is 20.2. The van der Waals surface area contributed by atoms with E-state index in [9.17, 15) is 0 Å². The molecule has 4 heteroatoms. The first-order valence-electron chi connectivity index (χ1n) is 9.19. The maximum absolute atomic E-state index is 6.19. The van der Waals surface area contributed by atoms with Crippen molar-refractivity contribution >= 4 is 25.8 Å². The maximum Gasteiger partial charge on any atom is 0.491 e. The van der Waals surface area contributed by atoms with E-state index in [2.05, 4.69) is 88.9 Å². The van der Waals surface area contributed by atoms with Gasteiger partial charge >= 0.3 is 7.12 Å². The molecule has 0 atom stereocenters. The van der Waals surface area contributed by atoms with Crippen LogP contribution in [0.2, 0.25) is 0 Å². The van der Waals surface area contributed by atoms with Gasteiger partial charge in [-0.2, -0.15) is 12.6 Å². The summed E-state index contributed by atoms with van der Waals surface area (Å²) in [5, 5.41) is 0. The Kier molecular flexibility index (Phi) is 4.34. The number of fused-ring (bicyclic) bond motifs is 3.